The fourth-order valence-electron chi connectivity index (χ4n) is 4.36. The maximum Gasteiger partial charge on any atom is 0.376 e. The van der Waals surface area contributed by atoms with Crippen LogP contribution in [0.5, 0.6) is 0 Å². The summed E-state index contributed by atoms with van der Waals surface area (Å²) in [6.45, 7) is 1.70. The van der Waals surface area contributed by atoms with Gasteiger partial charge in [0.25, 0.3) is 5.56 Å². The van der Waals surface area contributed by atoms with Crippen molar-refractivity contribution in [1.82, 2.24) is 24.1 Å². The number of benzene rings is 2. The summed E-state index contributed by atoms with van der Waals surface area (Å²) in [5, 5.41) is 11.7. The van der Waals surface area contributed by atoms with Gasteiger partial charge in [-0.25, -0.2) is 27.7 Å². The Labute approximate surface area is 245 Å². The first-order chi connectivity index (χ1) is 19.7. The average molecular weight is 652 g/mol. The highest BCUT2D eigenvalue weighted by molar-refractivity contribution is 9.10. The van der Waals surface area contributed by atoms with Crippen molar-refractivity contribution in [2.45, 2.75) is 11.8 Å². The number of primary sulfonamides is 1. The molecule has 0 unspecified atom stereocenters. The average Bonchev–Trinajstić information content (AvgIpc) is 3.62. The summed E-state index contributed by atoms with van der Waals surface area (Å²) >= 11 is 4.90. The van der Waals surface area contributed by atoms with Gasteiger partial charge in [0.05, 0.1) is 28.3 Å². The molecule has 0 amide bonds. The highest BCUT2D eigenvalue weighted by Crippen LogP contribution is 2.33. The van der Waals surface area contributed by atoms with Crippen LogP contribution in [0, 0.1) is 0 Å². The number of nitrogens with zero attached hydrogens (tertiary/aromatic N) is 5. The molecule has 4 heterocycles. The Bertz CT molecular complexity index is 2120. The number of rotatable bonds is 6. The van der Waals surface area contributed by atoms with Crippen molar-refractivity contribution in [3.8, 4) is 27.4 Å². The third-order valence-electron chi connectivity index (χ3n) is 6.21. The van der Waals surface area contributed by atoms with E-state index in [1.807, 2.05) is 47.8 Å². The Morgan fingerprint density at radius 1 is 1.07 bits per heavy atom. The van der Waals surface area contributed by atoms with Gasteiger partial charge >= 0.3 is 5.97 Å². The predicted molar refractivity (Wildman–Crippen MR) is 158 cm³/mol. The smallest absolute Gasteiger partial charge is 0.376 e. The SMILES string of the molecule is CCOC(=O)c1nn(-c2ccc(S(N)(=O)=O)cc2)c2nc3nc(-c4ccc(Br)cc4)cc(-c4cccs4)c3c(=O)n12. The molecule has 6 rings (SSSR count). The first-order valence-electron chi connectivity index (χ1n) is 12.1. The van der Waals surface area contributed by atoms with E-state index in [1.165, 1.54) is 40.3 Å². The number of pyridine rings is 1. The van der Waals surface area contributed by atoms with Crippen molar-refractivity contribution in [1.29, 1.82) is 0 Å². The van der Waals surface area contributed by atoms with Gasteiger partial charge in [0.1, 0.15) is 0 Å². The fraction of sp³-hybridized carbons (Fsp3) is 0.0741. The van der Waals surface area contributed by atoms with Crippen LogP contribution in [0.1, 0.15) is 17.5 Å². The molecular formula is C27H19BrN6O5S2. The molecule has 2 N–H and O–H groups in total. The zero-order valence-corrected chi connectivity index (χ0v) is 24.4. The van der Waals surface area contributed by atoms with E-state index in [0.717, 1.165) is 19.3 Å². The van der Waals surface area contributed by atoms with Crippen LogP contribution in [0.15, 0.2) is 86.3 Å². The minimum atomic E-state index is -3.94. The number of ether oxygens (including phenoxy) is 1. The molecule has 0 radical (unpaired) electrons. The van der Waals surface area contributed by atoms with Crippen molar-refractivity contribution < 1.29 is 17.9 Å². The number of aromatic nitrogens is 5. The van der Waals surface area contributed by atoms with E-state index in [0.29, 0.717) is 16.9 Å². The van der Waals surface area contributed by atoms with Crippen LogP contribution < -0.4 is 10.7 Å². The topological polar surface area (TPSA) is 152 Å². The lowest BCUT2D eigenvalue weighted by atomic mass is 10.1. The zero-order chi connectivity index (χ0) is 28.9. The molecule has 11 nitrogen and oxygen atoms in total. The molecule has 0 bridgehead atoms. The van der Waals surface area contributed by atoms with Crippen molar-refractivity contribution in [2.75, 3.05) is 6.61 Å². The van der Waals surface area contributed by atoms with Gasteiger partial charge < -0.3 is 4.74 Å². The zero-order valence-electron chi connectivity index (χ0n) is 21.2. The molecule has 0 saturated heterocycles. The van der Waals surface area contributed by atoms with Crippen molar-refractivity contribution in [3.05, 3.63) is 92.8 Å². The largest absolute Gasteiger partial charge is 0.460 e. The van der Waals surface area contributed by atoms with Gasteiger partial charge in [0, 0.05) is 20.5 Å². The van der Waals surface area contributed by atoms with Crippen LogP contribution in [0.25, 0.3) is 44.2 Å². The summed E-state index contributed by atoms with van der Waals surface area (Å²) in [5.74, 6) is -1.12. The highest BCUT2D eigenvalue weighted by atomic mass is 79.9. The quantitative estimate of drug-likeness (QED) is 0.260. The first kappa shape index (κ1) is 27.0. The third kappa shape index (κ3) is 4.84. The van der Waals surface area contributed by atoms with Gasteiger partial charge in [0.2, 0.25) is 21.6 Å². The lowest BCUT2D eigenvalue weighted by Gasteiger charge is -2.10. The molecule has 0 spiro atoms. The minimum Gasteiger partial charge on any atom is -0.460 e. The lowest BCUT2D eigenvalue weighted by molar-refractivity contribution is 0.0509. The molecule has 14 heteroatoms. The maximum atomic E-state index is 14.2. The summed E-state index contributed by atoms with van der Waals surface area (Å²) in [5.41, 5.74) is 1.94. The Balaban J connectivity index is 1.70. The van der Waals surface area contributed by atoms with E-state index in [9.17, 15) is 18.0 Å². The molecule has 2 aromatic carbocycles. The van der Waals surface area contributed by atoms with Crippen LogP contribution in [-0.2, 0) is 14.8 Å². The molecule has 4 aromatic heterocycles. The van der Waals surface area contributed by atoms with Gasteiger partial charge in [-0.2, -0.15) is 9.67 Å². The van der Waals surface area contributed by atoms with E-state index in [4.69, 9.17) is 19.8 Å². The summed E-state index contributed by atoms with van der Waals surface area (Å²) in [6, 6.07) is 18.7. The number of esters is 1. The van der Waals surface area contributed by atoms with Crippen LogP contribution in [0.2, 0.25) is 0 Å². The minimum absolute atomic E-state index is 0.00788. The molecule has 206 valence electrons. The Kier molecular flexibility index (Phi) is 6.77. The van der Waals surface area contributed by atoms with Crippen molar-refractivity contribution in [3.63, 3.8) is 0 Å². The molecule has 0 aliphatic rings. The number of sulfonamides is 1. The number of carbonyl (C=O) groups is 1. The Hall–Kier alpha value is -4.24. The first-order valence-corrected chi connectivity index (χ1v) is 15.3. The summed E-state index contributed by atoms with van der Waals surface area (Å²) in [4.78, 5) is 37.3. The van der Waals surface area contributed by atoms with E-state index in [1.54, 1.807) is 6.92 Å². The molecule has 0 aliphatic heterocycles. The number of nitrogens with two attached hydrogens (primary N) is 1. The fourth-order valence-corrected chi connectivity index (χ4v) is 5.89. The molecule has 0 fully saturated rings. The Morgan fingerprint density at radius 3 is 2.44 bits per heavy atom. The number of thiophene rings is 1. The van der Waals surface area contributed by atoms with Gasteiger partial charge in [-0.15, -0.1) is 16.4 Å². The van der Waals surface area contributed by atoms with Crippen LogP contribution >= 0.6 is 27.3 Å². The Morgan fingerprint density at radius 2 is 1.80 bits per heavy atom. The molecule has 6 aromatic rings. The summed E-state index contributed by atoms with van der Waals surface area (Å²) in [6.07, 6.45) is 0. The normalized spacial score (nSPS) is 11.8. The number of hydrogen-bond donors (Lipinski definition) is 1. The van der Waals surface area contributed by atoms with Crippen LogP contribution in [0.3, 0.4) is 0 Å². The standard InChI is InChI=1S/C27H19BrN6O5S2/c1-2-39-26(36)24-32-34(17-9-11-18(12-10-17)41(29,37)38)27-31-23-22(25(35)33(24)27)19(21-4-3-13-40-21)14-20(30-23)15-5-7-16(28)8-6-15/h3-14H,2H2,1H3,(H2,29,37,38). The van der Waals surface area contributed by atoms with E-state index in [-0.39, 0.29) is 34.1 Å². The number of fused-ring (bicyclic) bond motifs is 2. The maximum absolute atomic E-state index is 14.2. The van der Waals surface area contributed by atoms with Crippen LogP contribution in [-0.4, -0.2) is 45.1 Å². The van der Waals surface area contributed by atoms with Crippen molar-refractivity contribution >= 4 is 60.1 Å². The lowest BCUT2D eigenvalue weighted by Crippen LogP contribution is -2.21. The van der Waals surface area contributed by atoms with Gasteiger partial charge in [-0.3, -0.25) is 4.79 Å². The molecular weight excluding hydrogens is 632 g/mol. The van der Waals surface area contributed by atoms with Gasteiger partial charge in [-0.05, 0) is 60.8 Å². The van der Waals surface area contributed by atoms with E-state index in [2.05, 4.69) is 21.0 Å². The summed E-state index contributed by atoms with van der Waals surface area (Å²) < 4.78 is 32.0. The molecule has 0 atom stereocenters. The number of hydrogen-bond acceptors (Lipinski definition) is 9. The third-order valence-corrected chi connectivity index (χ3v) is 8.57. The second-order valence-electron chi connectivity index (χ2n) is 8.79. The van der Waals surface area contributed by atoms with Crippen molar-refractivity contribution in [2.24, 2.45) is 5.14 Å². The number of carbonyl (C=O) groups excluding carboxylic acids is 1. The second kappa shape index (κ2) is 10.3. The molecule has 41 heavy (non-hydrogen) atoms. The monoisotopic (exact) mass is 650 g/mol. The second-order valence-corrected chi connectivity index (χ2v) is 12.2. The van der Waals surface area contributed by atoms with E-state index < -0.39 is 21.6 Å². The molecule has 0 aliphatic carbocycles. The molecule has 0 saturated carbocycles. The predicted octanol–water partition coefficient (Wildman–Crippen LogP) is 4.41. The summed E-state index contributed by atoms with van der Waals surface area (Å²) in [7, 11) is -3.94. The highest BCUT2D eigenvalue weighted by Gasteiger charge is 2.26. The van der Waals surface area contributed by atoms with Crippen LogP contribution in [0.4, 0.5) is 0 Å². The van der Waals surface area contributed by atoms with E-state index >= 15 is 0 Å². The van der Waals surface area contributed by atoms with Gasteiger partial charge in [0.15, 0.2) is 5.65 Å². The van der Waals surface area contributed by atoms with Gasteiger partial charge in [-0.1, -0.05) is 34.1 Å². The number of halogens is 1.